The fraction of sp³-hybridized carbons (Fsp3) is 0.471. The molecule has 0 spiro atoms. The lowest BCUT2D eigenvalue weighted by Crippen LogP contribution is -2.40. The number of hydrogen-bond donors (Lipinski definition) is 2. The Kier molecular flexibility index (Phi) is 4.86. The number of benzene rings is 1. The van der Waals surface area contributed by atoms with Crippen LogP contribution < -0.4 is 16.0 Å². The van der Waals surface area contributed by atoms with Crippen molar-refractivity contribution < 1.29 is 9.18 Å². The summed E-state index contributed by atoms with van der Waals surface area (Å²) in [6, 6.07) is 5.68. The van der Waals surface area contributed by atoms with Crippen molar-refractivity contribution in [1.29, 1.82) is 0 Å². The summed E-state index contributed by atoms with van der Waals surface area (Å²) in [5.41, 5.74) is 8.67. The van der Waals surface area contributed by atoms with Crippen molar-refractivity contribution in [2.24, 2.45) is 5.73 Å². The zero-order chi connectivity index (χ0) is 16.3. The van der Waals surface area contributed by atoms with Gasteiger partial charge in [-0.05, 0) is 56.5 Å². The second kappa shape index (κ2) is 6.48. The third-order valence-electron chi connectivity index (χ3n) is 3.63. The topological polar surface area (TPSA) is 58.4 Å². The molecule has 0 radical (unpaired) electrons. The lowest BCUT2D eigenvalue weighted by Gasteiger charge is -2.22. The smallest absolute Gasteiger partial charge is 0.251 e. The van der Waals surface area contributed by atoms with E-state index in [9.17, 15) is 9.18 Å². The minimum Gasteiger partial charge on any atom is -0.367 e. The minimum absolute atomic E-state index is 0.0694. The molecule has 0 fully saturated rings. The summed E-state index contributed by atoms with van der Waals surface area (Å²) in [6.45, 7) is 7.39. The molecule has 0 aromatic heterocycles. The molecule has 5 heteroatoms. The number of amides is 1. The molecule has 1 amide bonds. The van der Waals surface area contributed by atoms with Crippen LogP contribution >= 0.6 is 0 Å². The Labute approximate surface area is 131 Å². The molecule has 0 saturated heterocycles. The van der Waals surface area contributed by atoms with E-state index in [1.54, 1.807) is 0 Å². The molecule has 0 atom stereocenters. The van der Waals surface area contributed by atoms with Crippen molar-refractivity contribution in [2.75, 3.05) is 24.5 Å². The molecule has 1 aromatic carbocycles. The number of carbonyl (C=O) groups is 1. The molecule has 22 heavy (non-hydrogen) atoms. The van der Waals surface area contributed by atoms with Crippen LogP contribution in [0.2, 0.25) is 0 Å². The lowest BCUT2D eigenvalue weighted by atomic mass is 10.0. The Balaban J connectivity index is 2.15. The van der Waals surface area contributed by atoms with E-state index >= 15 is 0 Å². The van der Waals surface area contributed by atoms with E-state index in [1.165, 1.54) is 0 Å². The normalized spacial score (nSPS) is 15.0. The Bertz CT molecular complexity index is 590. The zero-order valence-electron chi connectivity index (χ0n) is 13.4. The van der Waals surface area contributed by atoms with Crippen LogP contribution in [0.1, 0.15) is 36.7 Å². The highest BCUT2D eigenvalue weighted by atomic mass is 19.1. The van der Waals surface area contributed by atoms with Crippen molar-refractivity contribution in [3.05, 3.63) is 41.2 Å². The van der Waals surface area contributed by atoms with Gasteiger partial charge >= 0.3 is 0 Å². The molecule has 1 aliphatic rings. The number of carbonyl (C=O) groups excluding carboxylic acids is 1. The predicted octanol–water partition coefficient (Wildman–Crippen LogP) is 2.39. The molecule has 1 aromatic rings. The van der Waals surface area contributed by atoms with Crippen LogP contribution in [0, 0.1) is 0 Å². The molecule has 1 aliphatic heterocycles. The molecule has 0 saturated carbocycles. The van der Waals surface area contributed by atoms with Gasteiger partial charge in [-0.3, -0.25) is 4.79 Å². The van der Waals surface area contributed by atoms with Crippen LogP contribution in [-0.2, 0) is 6.42 Å². The quantitative estimate of drug-likeness (QED) is 0.898. The summed E-state index contributed by atoms with van der Waals surface area (Å²) in [5.74, 6) is -0.0694. The van der Waals surface area contributed by atoms with Gasteiger partial charge in [0.25, 0.3) is 5.91 Å². The third kappa shape index (κ3) is 3.85. The second-order valence-electron chi connectivity index (χ2n) is 6.69. The van der Waals surface area contributed by atoms with Crippen LogP contribution in [0.3, 0.4) is 0 Å². The van der Waals surface area contributed by atoms with Gasteiger partial charge in [-0.15, -0.1) is 0 Å². The first kappa shape index (κ1) is 16.5. The fourth-order valence-electron chi connectivity index (χ4n) is 2.58. The molecule has 120 valence electrons. The number of halogens is 1. The van der Waals surface area contributed by atoms with E-state index in [1.807, 2.05) is 39.0 Å². The molecule has 0 aliphatic carbocycles. The number of hydrogen-bond acceptors (Lipinski definition) is 3. The van der Waals surface area contributed by atoms with Crippen molar-refractivity contribution >= 4 is 11.6 Å². The van der Waals surface area contributed by atoms with E-state index in [2.05, 4.69) is 10.2 Å². The Morgan fingerprint density at radius 1 is 1.45 bits per heavy atom. The van der Waals surface area contributed by atoms with Gasteiger partial charge in [0.05, 0.1) is 6.33 Å². The van der Waals surface area contributed by atoms with Gasteiger partial charge in [0.1, 0.15) is 0 Å². The van der Waals surface area contributed by atoms with Crippen molar-refractivity contribution in [3.63, 3.8) is 0 Å². The first-order valence-electron chi connectivity index (χ1n) is 7.52. The lowest BCUT2D eigenvalue weighted by molar-refractivity contribution is 0.0919. The van der Waals surface area contributed by atoms with E-state index in [0.717, 1.165) is 24.2 Å². The fourth-order valence-corrected chi connectivity index (χ4v) is 2.58. The van der Waals surface area contributed by atoms with Gasteiger partial charge in [0.15, 0.2) is 0 Å². The standard InChI is InChI=1S/C17H24FN3O/c1-17(2,3)20-16(22)14-4-5-15-13(8-14)6-7-21(15)11-12(9-18)10-19/h4-5,8-9H,6-7,10-11,19H2,1-3H3,(H,20,22)/b12-9+. The summed E-state index contributed by atoms with van der Waals surface area (Å²) in [7, 11) is 0. The summed E-state index contributed by atoms with van der Waals surface area (Å²) in [5, 5.41) is 2.96. The number of nitrogens with zero attached hydrogens (tertiary/aromatic N) is 1. The molecule has 1 heterocycles. The highest BCUT2D eigenvalue weighted by molar-refractivity contribution is 5.95. The average molecular weight is 305 g/mol. The molecule has 3 N–H and O–H groups in total. The van der Waals surface area contributed by atoms with E-state index in [4.69, 9.17) is 5.73 Å². The number of fused-ring (bicyclic) bond motifs is 1. The van der Waals surface area contributed by atoms with Gasteiger partial charge in [-0.1, -0.05) is 0 Å². The van der Waals surface area contributed by atoms with Crippen LogP contribution in [0.15, 0.2) is 30.1 Å². The largest absolute Gasteiger partial charge is 0.367 e. The molecular formula is C17H24FN3O. The average Bonchev–Trinajstić information content (AvgIpc) is 2.85. The molecular weight excluding hydrogens is 281 g/mol. The molecule has 0 unspecified atom stereocenters. The van der Waals surface area contributed by atoms with Crippen molar-refractivity contribution in [3.8, 4) is 0 Å². The maximum Gasteiger partial charge on any atom is 0.251 e. The highest BCUT2D eigenvalue weighted by Crippen LogP contribution is 2.29. The summed E-state index contributed by atoms with van der Waals surface area (Å²) in [4.78, 5) is 14.3. The number of nitrogens with one attached hydrogen (secondary N) is 1. The summed E-state index contributed by atoms with van der Waals surface area (Å²) in [6.07, 6.45) is 1.44. The molecule has 0 bridgehead atoms. The first-order chi connectivity index (χ1) is 10.3. The van der Waals surface area contributed by atoms with Crippen LogP contribution in [-0.4, -0.2) is 31.1 Å². The molecule has 2 rings (SSSR count). The van der Waals surface area contributed by atoms with Gasteiger partial charge in [-0.25, -0.2) is 4.39 Å². The maximum atomic E-state index is 12.7. The van der Waals surface area contributed by atoms with Gasteiger partial charge < -0.3 is 16.0 Å². The van der Waals surface area contributed by atoms with Crippen LogP contribution in [0.4, 0.5) is 10.1 Å². The van der Waals surface area contributed by atoms with Gasteiger partial charge in [0, 0.05) is 36.4 Å². The van der Waals surface area contributed by atoms with Crippen LogP contribution in [0.5, 0.6) is 0 Å². The first-order valence-corrected chi connectivity index (χ1v) is 7.52. The van der Waals surface area contributed by atoms with Crippen LogP contribution in [0.25, 0.3) is 0 Å². The monoisotopic (exact) mass is 305 g/mol. The SMILES string of the molecule is CC(C)(C)NC(=O)c1ccc2c(c1)CCN2C/C(=C/F)CN. The third-order valence-corrected chi connectivity index (χ3v) is 3.63. The van der Waals surface area contributed by atoms with E-state index in [0.29, 0.717) is 24.0 Å². The zero-order valence-corrected chi connectivity index (χ0v) is 13.4. The summed E-state index contributed by atoms with van der Waals surface area (Å²) >= 11 is 0. The second-order valence-corrected chi connectivity index (χ2v) is 6.69. The highest BCUT2D eigenvalue weighted by Gasteiger charge is 2.22. The number of nitrogens with two attached hydrogens (primary N) is 1. The minimum atomic E-state index is -0.260. The van der Waals surface area contributed by atoms with E-state index in [-0.39, 0.29) is 18.0 Å². The van der Waals surface area contributed by atoms with Crippen molar-refractivity contribution in [2.45, 2.75) is 32.7 Å². The Morgan fingerprint density at radius 2 is 2.18 bits per heavy atom. The van der Waals surface area contributed by atoms with Gasteiger partial charge in [0.2, 0.25) is 0 Å². The molecule has 4 nitrogen and oxygen atoms in total. The Morgan fingerprint density at radius 3 is 2.77 bits per heavy atom. The van der Waals surface area contributed by atoms with Crippen molar-refractivity contribution in [1.82, 2.24) is 5.32 Å². The van der Waals surface area contributed by atoms with E-state index < -0.39 is 0 Å². The predicted molar refractivity (Wildman–Crippen MR) is 87.8 cm³/mol. The maximum absolute atomic E-state index is 12.7. The number of rotatable bonds is 4. The number of anilines is 1. The van der Waals surface area contributed by atoms with Gasteiger partial charge in [-0.2, -0.15) is 0 Å². The Hall–Kier alpha value is -1.88. The summed E-state index contributed by atoms with van der Waals surface area (Å²) < 4.78 is 12.7.